The van der Waals surface area contributed by atoms with Crippen LogP contribution in [0.1, 0.15) is 48.8 Å². The maximum Gasteiger partial charge on any atom is 0.359 e. The van der Waals surface area contributed by atoms with Gasteiger partial charge in [0.1, 0.15) is 0 Å². The van der Waals surface area contributed by atoms with Gasteiger partial charge in [0.25, 0.3) is 11.5 Å². The van der Waals surface area contributed by atoms with Gasteiger partial charge < -0.3 is 10.1 Å². The fourth-order valence-corrected chi connectivity index (χ4v) is 2.71. The van der Waals surface area contributed by atoms with Crippen molar-refractivity contribution >= 4 is 17.6 Å². The summed E-state index contributed by atoms with van der Waals surface area (Å²) in [6.07, 6.45) is 2.28. The molecule has 1 aromatic heterocycles. The molecule has 0 radical (unpaired) electrons. The highest BCUT2D eigenvalue weighted by Crippen LogP contribution is 2.22. The molecule has 144 valence electrons. The maximum atomic E-state index is 12.2. The average molecular weight is 371 g/mol. The SMILES string of the molecule is CCCn1nc(C(=O)OCC(=O)Nc2c(CC)cccc2CC)ccc1=O. The number of hydrogen-bond donors (Lipinski definition) is 1. The van der Waals surface area contributed by atoms with E-state index in [0.717, 1.165) is 29.7 Å². The van der Waals surface area contributed by atoms with Crippen LogP contribution in [0.2, 0.25) is 0 Å². The van der Waals surface area contributed by atoms with E-state index in [1.165, 1.54) is 16.8 Å². The minimum Gasteiger partial charge on any atom is -0.451 e. The summed E-state index contributed by atoms with van der Waals surface area (Å²) in [6.45, 7) is 5.92. The predicted octanol–water partition coefficient (Wildman–Crippen LogP) is 2.57. The summed E-state index contributed by atoms with van der Waals surface area (Å²) in [5.41, 5.74) is 2.55. The third-order valence-electron chi connectivity index (χ3n) is 4.11. The van der Waals surface area contributed by atoms with Crippen LogP contribution in [0, 0.1) is 0 Å². The van der Waals surface area contributed by atoms with E-state index < -0.39 is 18.5 Å². The van der Waals surface area contributed by atoms with E-state index in [-0.39, 0.29) is 11.3 Å². The fourth-order valence-electron chi connectivity index (χ4n) is 2.71. The van der Waals surface area contributed by atoms with Crippen molar-refractivity contribution in [2.45, 2.75) is 46.6 Å². The van der Waals surface area contributed by atoms with Crippen molar-refractivity contribution in [2.24, 2.45) is 0 Å². The molecule has 2 aromatic rings. The molecule has 1 heterocycles. The number of carbonyl (C=O) groups is 2. The lowest BCUT2D eigenvalue weighted by Crippen LogP contribution is -2.26. The van der Waals surface area contributed by atoms with Crippen LogP contribution in [-0.2, 0) is 28.9 Å². The highest BCUT2D eigenvalue weighted by Gasteiger charge is 2.15. The Labute approximate surface area is 158 Å². The van der Waals surface area contributed by atoms with Crippen LogP contribution in [0.15, 0.2) is 35.1 Å². The number of esters is 1. The van der Waals surface area contributed by atoms with Crippen LogP contribution >= 0.6 is 0 Å². The van der Waals surface area contributed by atoms with Gasteiger partial charge in [-0.15, -0.1) is 0 Å². The van der Waals surface area contributed by atoms with Crippen molar-refractivity contribution in [3.63, 3.8) is 0 Å². The van der Waals surface area contributed by atoms with Crippen LogP contribution in [0.5, 0.6) is 0 Å². The molecule has 0 atom stereocenters. The average Bonchev–Trinajstić information content (AvgIpc) is 2.68. The lowest BCUT2D eigenvalue weighted by molar-refractivity contribution is -0.119. The Morgan fingerprint density at radius 2 is 1.74 bits per heavy atom. The third kappa shape index (κ3) is 5.26. The van der Waals surface area contributed by atoms with Crippen molar-refractivity contribution in [1.82, 2.24) is 9.78 Å². The summed E-state index contributed by atoms with van der Waals surface area (Å²) in [5.74, 6) is -1.16. The van der Waals surface area contributed by atoms with Crippen LogP contribution in [0.25, 0.3) is 0 Å². The first-order valence-corrected chi connectivity index (χ1v) is 9.16. The summed E-state index contributed by atoms with van der Waals surface area (Å²) in [6, 6.07) is 8.45. The fraction of sp³-hybridized carbons (Fsp3) is 0.400. The molecule has 1 amide bonds. The first-order valence-electron chi connectivity index (χ1n) is 9.16. The zero-order chi connectivity index (χ0) is 19.8. The predicted molar refractivity (Wildman–Crippen MR) is 103 cm³/mol. The zero-order valence-electron chi connectivity index (χ0n) is 15.9. The number of aryl methyl sites for hydroxylation is 3. The maximum absolute atomic E-state index is 12.2. The molecule has 0 aliphatic rings. The number of hydrogen-bond acceptors (Lipinski definition) is 5. The highest BCUT2D eigenvalue weighted by molar-refractivity contribution is 5.95. The van der Waals surface area contributed by atoms with Gasteiger partial charge in [-0.1, -0.05) is 39.0 Å². The van der Waals surface area contributed by atoms with Crippen LogP contribution in [0.4, 0.5) is 5.69 Å². The first-order chi connectivity index (χ1) is 13.0. The number of ether oxygens (including phenoxy) is 1. The number of rotatable bonds is 8. The van der Waals surface area contributed by atoms with E-state index in [4.69, 9.17) is 4.74 Å². The molecular formula is C20H25N3O4. The van der Waals surface area contributed by atoms with Gasteiger partial charge in [0, 0.05) is 18.3 Å². The van der Waals surface area contributed by atoms with Crippen molar-refractivity contribution in [2.75, 3.05) is 11.9 Å². The molecule has 0 bridgehead atoms. The van der Waals surface area contributed by atoms with Crippen molar-refractivity contribution in [3.05, 3.63) is 57.5 Å². The Morgan fingerprint density at radius 3 is 2.33 bits per heavy atom. The Kier molecular flexibility index (Phi) is 7.28. The van der Waals surface area contributed by atoms with E-state index in [2.05, 4.69) is 10.4 Å². The number of nitrogens with one attached hydrogen (secondary N) is 1. The normalized spacial score (nSPS) is 10.5. The van der Waals surface area contributed by atoms with Gasteiger partial charge in [0.15, 0.2) is 12.3 Å². The number of anilines is 1. The lowest BCUT2D eigenvalue weighted by Gasteiger charge is -2.14. The van der Waals surface area contributed by atoms with Gasteiger partial charge in [-0.3, -0.25) is 9.59 Å². The standard InChI is InChI=1S/C20H25N3O4/c1-4-12-23-18(25)11-10-16(22-23)20(26)27-13-17(24)21-19-14(5-2)8-7-9-15(19)6-3/h7-11H,4-6,12-13H2,1-3H3,(H,21,24). The Balaban J connectivity index is 2.03. The molecular weight excluding hydrogens is 346 g/mol. The van der Waals surface area contributed by atoms with Crippen molar-refractivity contribution < 1.29 is 14.3 Å². The van der Waals surface area contributed by atoms with Crippen LogP contribution < -0.4 is 10.9 Å². The Morgan fingerprint density at radius 1 is 1.07 bits per heavy atom. The second-order valence-corrected chi connectivity index (χ2v) is 6.06. The number of aromatic nitrogens is 2. The number of benzene rings is 1. The summed E-state index contributed by atoms with van der Waals surface area (Å²) >= 11 is 0. The van der Waals surface area contributed by atoms with Crippen molar-refractivity contribution in [1.29, 1.82) is 0 Å². The zero-order valence-corrected chi connectivity index (χ0v) is 15.9. The molecule has 0 saturated heterocycles. The van der Waals surface area contributed by atoms with E-state index >= 15 is 0 Å². The number of carbonyl (C=O) groups excluding carboxylic acids is 2. The highest BCUT2D eigenvalue weighted by atomic mass is 16.5. The summed E-state index contributed by atoms with van der Waals surface area (Å²) < 4.78 is 6.26. The van der Waals surface area contributed by atoms with Gasteiger partial charge in [0.2, 0.25) is 0 Å². The second-order valence-electron chi connectivity index (χ2n) is 6.06. The van der Waals surface area contributed by atoms with Gasteiger partial charge in [-0.2, -0.15) is 5.10 Å². The van der Waals surface area contributed by atoms with E-state index in [1.54, 1.807) is 0 Å². The molecule has 0 aliphatic heterocycles. The molecule has 27 heavy (non-hydrogen) atoms. The smallest absolute Gasteiger partial charge is 0.359 e. The first kappa shape index (κ1) is 20.4. The van der Waals surface area contributed by atoms with E-state index in [9.17, 15) is 14.4 Å². The molecule has 2 rings (SSSR count). The van der Waals surface area contributed by atoms with Crippen LogP contribution in [0.3, 0.4) is 0 Å². The molecule has 0 aliphatic carbocycles. The Hall–Kier alpha value is -2.96. The molecule has 0 spiro atoms. The number of amides is 1. The minimum atomic E-state index is -0.741. The van der Waals surface area contributed by atoms with Gasteiger partial charge in [-0.05, 0) is 36.5 Å². The second kappa shape index (κ2) is 9.66. The molecule has 1 aromatic carbocycles. The topological polar surface area (TPSA) is 90.3 Å². The molecule has 7 nitrogen and oxygen atoms in total. The number of nitrogens with zero attached hydrogens (tertiary/aromatic N) is 2. The van der Waals surface area contributed by atoms with E-state index in [1.807, 2.05) is 39.0 Å². The third-order valence-corrected chi connectivity index (χ3v) is 4.11. The molecule has 0 unspecified atom stereocenters. The Bertz CT molecular complexity index is 852. The summed E-state index contributed by atoms with van der Waals surface area (Å²) in [7, 11) is 0. The van der Waals surface area contributed by atoms with E-state index in [0.29, 0.717) is 13.0 Å². The summed E-state index contributed by atoms with van der Waals surface area (Å²) in [5, 5.41) is 6.81. The van der Waals surface area contributed by atoms with Gasteiger partial charge in [0.05, 0.1) is 0 Å². The van der Waals surface area contributed by atoms with Crippen molar-refractivity contribution in [3.8, 4) is 0 Å². The molecule has 7 heteroatoms. The van der Waals surface area contributed by atoms with Gasteiger partial charge >= 0.3 is 5.97 Å². The number of para-hydroxylation sites is 1. The summed E-state index contributed by atoms with van der Waals surface area (Å²) in [4.78, 5) is 36.0. The molecule has 0 fully saturated rings. The molecule has 0 saturated carbocycles. The van der Waals surface area contributed by atoms with Crippen LogP contribution in [-0.4, -0.2) is 28.3 Å². The molecule has 1 N–H and O–H groups in total. The van der Waals surface area contributed by atoms with Gasteiger partial charge in [-0.25, -0.2) is 9.48 Å². The lowest BCUT2D eigenvalue weighted by atomic mass is 10.0. The quantitative estimate of drug-likeness (QED) is 0.720. The minimum absolute atomic E-state index is 0.000874. The largest absolute Gasteiger partial charge is 0.451 e. The monoisotopic (exact) mass is 371 g/mol.